The van der Waals surface area contributed by atoms with Crippen LogP contribution >= 0.6 is 0 Å². The zero-order valence-electron chi connectivity index (χ0n) is 21.6. The minimum atomic E-state index is -0.561. The molecule has 0 atom stereocenters. The van der Waals surface area contributed by atoms with Crippen LogP contribution in [0.5, 0.6) is 0 Å². The van der Waals surface area contributed by atoms with E-state index in [0.29, 0.717) is 17.3 Å². The fourth-order valence-corrected chi connectivity index (χ4v) is 3.80. The summed E-state index contributed by atoms with van der Waals surface area (Å²) in [6.07, 6.45) is 7.71. The predicted molar refractivity (Wildman–Crippen MR) is 144 cm³/mol. The van der Waals surface area contributed by atoms with Gasteiger partial charge in [0, 0.05) is 25.2 Å². The third-order valence-corrected chi connectivity index (χ3v) is 5.53. The lowest BCUT2D eigenvalue weighted by molar-refractivity contribution is -0.140. The summed E-state index contributed by atoms with van der Waals surface area (Å²) in [6.45, 7) is 6.41. The average molecular weight is 495 g/mol. The first-order valence-corrected chi connectivity index (χ1v) is 12.5. The van der Waals surface area contributed by atoms with Gasteiger partial charge in [-0.3, -0.25) is 19.0 Å². The number of methoxy groups -OCH3 is 1. The van der Waals surface area contributed by atoms with Crippen molar-refractivity contribution in [3.8, 4) is 0 Å². The Bertz CT molecular complexity index is 1170. The molecule has 8 nitrogen and oxygen atoms in total. The quantitative estimate of drug-likeness (QED) is 0.518. The average Bonchev–Trinajstić information content (AvgIpc) is 2.90. The van der Waals surface area contributed by atoms with Gasteiger partial charge in [-0.2, -0.15) is 0 Å². The lowest BCUT2D eigenvalue weighted by atomic mass is 10.1. The number of ether oxygens (including phenoxy) is 1. The van der Waals surface area contributed by atoms with Crippen molar-refractivity contribution in [3.63, 3.8) is 0 Å². The summed E-state index contributed by atoms with van der Waals surface area (Å²) in [4.78, 5) is 40.1. The smallest absolute Gasteiger partial charge is 0.305 e. The maximum absolute atomic E-state index is 11.8. The maximum atomic E-state index is 11.8. The van der Waals surface area contributed by atoms with Crippen molar-refractivity contribution in [2.45, 2.75) is 58.9 Å². The summed E-state index contributed by atoms with van der Waals surface area (Å²) in [5.74, 6) is -0.701. The molecule has 0 saturated carbocycles. The van der Waals surface area contributed by atoms with Crippen molar-refractivity contribution in [2.24, 2.45) is 5.73 Å². The fraction of sp³-hybridized carbons (Fsp3) is 0.429. The number of aromatic nitrogens is 2. The third kappa shape index (κ3) is 9.17. The molecule has 0 spiro atoms. The summed E-state index contributed by atoms with van der Waals surface area (Å²) < 4.78 is 5.87. The molecule has 0 bridgehead atoms. The van der Waals surface area contributed by atoms with E-state index in [1.165, 1.54) is 54.9 Å². The molecule has 0 unspecified atom stereocenters. The van der Waals surface area contributed by atoms with Gasteiger partial charge in [0.1, 0.15) is 6.54 Å². The fourth-order valence-electron chi connectivity index (χ4n) is 3.80. The number of primary amides is 1. The van der Waals surface area contributed by atoms with E-state index in [1.807, 2.05) is 0 Å². The van der Waals surface area contributed by atoms with Gasteiger partial charge in [-0.15, -0.1) is 0 Å². The van der Waals surface area contributed by atoms with Crippen molar-refractivity contribution < 1.29 is 14.3 Å². The van der Waals surface area contributed by atoms with Gasteiger partial charge in [0.2, 0.25) is 5.91 Å². The van der Waals surface area contributed by atoms with Crippen LogP contribution in [0.1, 0.15) is 51.5 Å². The Balaban J connectivity index is 0.000000232. The molecule has 1 fully saturated rings. The Morgan fingerprint density at radius 3 is 2.39 bits per heavy atom. The SMILES string of the molecule is CCC.COC(=O)CCc1cccc(N2CCCCC2)c1.NC(=O)Cn1cnc2ccccc2c1=O. The number of benzene rings is 2. The third-order valence-electron chi connectivity index (χ3n) is 5.53. The Kier molecular flexibility index (Phi) is 12.2. The van der Waals surface area contributed by atoms with Crippen molar-refractivity contribution in [1.29, 1.82) is 0 Å². The van der Waals surface area contributed by atoms with E-state index in [9.17, 15) is 14.4 Å². The van der Waals surface area contributed by atoms with Crippen LogP contribution in [0.15, 0.2) is 59.7 Å². The van der Waals surface area contributed by atoms with Crippen LogP contribution in [0.25, 0.3) is 10.9 Å². The van der Waals surface area contributed by atoms with E-state index < -0.39 is 5.91 Å². The number of nitrogens with two attached hydrogens (primary N) is 1. The maximum Gasteiger partial charge on any atom is 0.305 e. The summed E-state index contributed by atoms with van der Waals surface area (Å²) in [5, 5.41) is 0.487. The second-order valence-electron chi connectivity index (χ2n) is 8.66. The van der Waals surface area contributed by atoms with Crippen molar-refractivity contribution >= 4 is 28.5 Å². The number of aryl methyl sites for hydroxylation is 1. The van der Waals surface area contributed by atoms with Crippen LogP contribution in [-0.4, -0.2) is 41.6 Å². The van der Waals surface area contributed by atoms with E-state index in [4.69, 9.17) is 5.73 Å². The molecule has 1 aromatic heterocycles. The molecule has 2 aromatic carbocycles. The number of anilines is 1. The molecular formula is C28H38N4O4. The summed E-state index contributed by atoms with van der Waals surface area (Å²) in [6, 6.07) is 15.5. The zero-order valence-corrected chi connectivity index (χ0v) is 21.6. The first-order valence-electron chi connectivity index (χ1n) is 12.5. The van der Waals surface area contributed by atoms with E-state index in [0.717, 1.165) is 19.5 Å². The molecule has 1 aliphatic heterocycles. The molecule has 1 saturated heterocycles. The topological polar surface area (TPSA) is 108 Å². The highest BCUT2D eigenvalue weighted by Crippen LogP contribution is 2.21. The molecule has 2 N–H and O–H groups in total. The molecule has 0 radical (unpaired) electrons. The highest BCUT2D eigenvalue weighted by molar-refractivity contribution is 5.78. The van der Waals surface area contributed by atoms with Crippen LogP contribution in [0.4, 0.5) is 5.69 Å². The Morgan fingerprint density at radius 2 is 1.72 bits per heavy atom. The standard InChI is InChI=1S/C15H21NO2.C10H9N3O2.C3H8/c1-18-15(17)9-8-13-6-5-7-14(12-13)16-10-3-2-4-11-16;11-9(14)5-13-6-12-8-4-2-1-3-7(8)10(13)15;1-3-2/h5-7,12H,2-4,8-11H2,1H3;1-4,6H,5H2,(H2,11,14);3H2,1-2H3. The second-order valence-corrected chi connectivity index (χ2v) is 8.66. The number of para-hydroxylation sites is 1. The molecule has 1 aliphatic rings. The van der Waals surface area contributed by atoms with Gasteiger partial charge in [0.15, 0.2) is 0 Å². The minimum absolute atomic E-state index is 0.140. The van der Waals surface area contributed by atoms with Crippen molar-refractivity contribution in [2.75, 3.05) is 25.1 Å². The molecule has 3 aromatic rings. The number of amides is 1. The summed E-state index contributed by atoms with van der Waals surface area (Å²) in [7, 11) is 1.44. The van der Waals surface area contributed by atoms with Crippen molar-refractivity contribution in [1.82, 2.24) is 9.55 Å². The van der Waals surface area contributed by atoms with Gasteiger partial charge in [0.05, 0.1) is 24.3 Å². The number of carbonyl (C=O) groups excluding carboxylic acids is 2. The number of hydrogen-bond acceptors (Lipinski definition) is 6. The van der Waals surface area contributed by atoms with Crippen LogP contribution < -0.4 is 16.2 Å². The molecule has 8 heteroatoms. The molecule has 0 aliphatic carbocycles. The Morgan fingerprint density at radius 1 is 1.03 bits per heavy atom. The second kappa shape index (κ2) is 15.3. The summed E-state index contributed by atoms with van der Waals surface area (Å²) >= 11 is 0. The van der Waals surface area contributed by atoms with E-state index in [1.54, 1.807) is 24.3 Å². The van der Waals surface area contributed by atoms with Gasteiger partial charge >= 0.3 is 5.97 Å². The normalized spacial score (nSPS) is 12.6. The number of fused-ring (bicyclic) bond motifs is 1. The van der Waals surface area contributed by atoms with E-state index in [2.05, 4.69) is 52.7 Å². The van der Waals surface area contributed by atoms with Crippen LogP contribution in [0, 0.1) is 0 Å². The van der Waals surface area contributed by atoms with Gasteiger partial charge < -0.3 is 15.4 Å². The first kappa shape index (κ1) is 28.6. The lowest BCUT2D eigenvalue weighted by Crippen LogP contribution is -2.29. The number of hydrogen-bond donors (Lipinski definition) is 1. The van der Waals surface area contributed by atoms with E-state index in [-0.39, 0.29) is 18.1 Å². The largest absolute Gasteiger partial charge is 0.469 e. The first-order chi connectivity index (χ1) is 17.4. The summed E-state index contributed by atoms with van der Waals surface area (Å²) in [5.41, 5.74) is 7.88. The predicted octanol–water partition coefficient (Wildman–Crippen LogP) is 4.08. The molecule has 4 rings (SSSR count). The van der Waals surface area contributed by atoms with Crippen LogP contribution in [0.3, 0.4) is 0 Å². The molecule has 36 heavy (non-hydrogen) atoms. The highest BCUT2D eigenvalue weighted by atomic mass is 16.5. The molecule has 2 heterocycles. The highest BCUT2D eigenvalue weighted by Gasteiger charge is 2.11. The van der Waals surface area contributed by atoms with Crippen LogP contribution in [-0.2, 0) is 27.3 Å². The van der Waals surface area contributed by atoms with Gasteiger partial charge in [0.25, 0.3) is 5.56 Å². The van der Waals surface area contributed by atoms with Gasteiger partial charge in [-0.05, 0) is 55.5 Å². The Hall–Kier alpha value is -3.68. The minimum Gasteiger partial charge on any atom is -0.469 e. The monoisotopic (exact) mass is 494 g/mol. The number of carbonyl (C=O) groups is 2. The number of piperidine rings is 1. The Labute approximate surface area is 213 Å². The van der Waals surface area contributed by atoms with Gasteiger partial charge in [-0.1, -0.05) is 44.5 Å². The number of esters is 1. The van der Waals surface area contributed by atoms with Gasteiger partial charge in [-0.25, -0.2) is 4.98 Å². The molecular weight excluding hydrogens is 456 g/mol. The number of nitrogens with zero attached hydrogens (tertiary/aromatic N) is 3. The lowest BCUT2D eigenvalue weighted by Gasteiger charge is -2.29. The molecule has 1 amide bonds. The zero-order chi connectivity index (χ0) is 26.3. The molecule has 194 valence electrons. The van der Waals surface area contributed by atoms with E-state index >= 15 is 0 Å². The number of rotatable bonds is 6. The van der Waals surface area contributed by atoms with Crippen LogP contribution in [0.2, 0.25) is 0 Å². The van der Waals surface area contributed by atoms with Crippen molar-refractivity contribution in [3.05, 3.63) is 70.8 Å².